The molecule has 0 unspecified atom stereocenters. The SMILES string of the molecule is CNc1nccc(Oc2cc(C)ccc2Cl)n1. The van der Waals surface area contributed by atoms with Crippen molar-refractivity contribution < 1.29 is 4.74 Å². The lowest BCUT2D eigenvalue weighted by molar-refractivity contribution is 0.462. The summed E-state index contributed by atoms with van der Waals surface area (Å²) in [5.74, 6) is 1.55. The van der Waals surface area contributed by atoms with Crippen LogP contribution in [0, 0.1) is 6.92 Å². The van der Waals surface area contributed by atoms with Gasteiger partial charge in [-0.1, -0.05) is 17.7 Å². The summed E-state index contributed by atoms with van der Waals surface area (Å²) >= 11 is 6.04. The number of nitrogens with zero attached hydrogens (tertiary/aromatic N) is 2. The molecule has 0 saturated carbocycles. The molecular formula is C12H12ClN3O. The maximum Gasteiger partial charge on any atom is 0.225 e. The van der Waals surface area contributed by atoms with E-state index in [2.05, 4.69) is 15.3 Å². The van der Waals surface area contributed by atoms with E-state index in [1.807, 2.05) is 19.1 Å². The molecule has 0 amide bonds. The summed E-state index contributed by atoms with van der Waals surface area (Å²) in [6.45, 7) is 1.97. The molecule has 88 valence electrons. The average Bonchev–Trinajstić information content (AvgIpc) is 2.34. The predicted molar refractivity (Wildman–Crippen MR) is 67.8 cm³/mol. The zero-order chi connectivity index (χ0) is 12.3. The third-order valence-electron chi connectivity index (χ3n) is 2.15. The average molecular weight is 250 g/mol. The minimum absolute atomic E-state index is 0.455. The highest BCUT2D eigenvalue weighted by Crippen LogP contribution is 2.29. The first-order valence-corrected chi connectivity index (χ1v) is 5.51. The number of hydrogen-bond donors (Lipinski definition) is 1. The number of benzene rings is 1. The van der Waals surface area contributed by atoms with Crippen molar-refractivity contribution in [2.45, 2.75) is 6.92 Å². The molecule has 0 bridgehead atoms. The summed E-state index contributed by atoms with van der Waals surface area (Å²) in [5.41, 5.74) is 1.08. The van der Waals surface area contributed by atoms with Gasteiger partial charge in [0.05, 0.1) is 5.02 Å². The first-order chi connectivity index (χ1) is 8.19. The fourth-order valence-corrected chi connectivity index (χ4v) is 1.48. The van der Waals surface area contributed by atoms with Gasteiger partial charge >= 0.3 is 0 Å². The Morgan fingerprint density at radius 1 is 1.29 bits per heavy atom. The molecule has 2 rings (SSSR count). The van der Waals surface area contributed by atoms with Crippen LogP contribution >= 0.6 is 11.6 Å². The van der Waals surface area contributed by atoms with Crippen molar-refractivity contribution >= 4 is 17.5 Å². The number of halogens is 1. The zero-order valence-electron chi connectivity index (χ0n) is 9.57. The van der Waals surface area contributed by atoms with Gasteiger partial charge < -0.3 is 10.1 Å². The van der Waals surface area contributed by atoms with Crippen molar-refractivity contribution in [3.63, 3.8) is 0 Å². The summed E-state index contributed by atoms with van der Waals surface area (Å²) in [6, 6.07) is 7.27. The van der Waals surface area contributed by atoms with Crippen LogP contribution in [0.3, 0.4) is 0 Å². The summed E-state index contributed by atoms with van der Waals surface area (Å²) in [6.07, 6.45) is 1.62. The molecule has 0 radical (unpaired) electrons. The summed E-state index contributed by atoms with van der Waals surface area (Å²) in [7, 11) is 1.75. The second-order valence-electron chi connectivity index (χ2n) is 3.50. The van der Waals surface area contributed by atoms with Crippen LogP contribution in [0.4, 0.5) is 5.95 Å². The van der Waals surface area contributed by atoms with Gasteiger partial charge in [0, 0.05) is 19.3 Å². The molecule has 0 atom stereocenters. The van der Waals surface area contributed by atoms with E-state index in [1.165, 1.54) is 0 Å². The number of aryl methyl sites for hydroxylation is 1. The van der Waals surface area contributed by atoms with Crippen molar-refractivity contribution in [1.82, 2.24) is 9.97 Å². The summed E-state index contributed by atoms with van der Waals surface area (Å²) in [5, 5.41) is 3.40. The minimum atomic E-state index is 0.455. The maximum absolute atomic E-state index is 6.04. The maximum atomic E-state index is 6.04. The van der Waals surface area contributed by atoms with Crippen molar-refractivity contribution in [1.29, 1.82) is 0 Å². The number of nitrogens with one attached hydrogen (secondary N) is 1. The second-order valence-corrected chi connectivity index (χ2v) is 3.91. The van der Waals surface area contributed by atoms with Crippen molar-refractivity contribution in [2.75, 3.05) is 12.4 Å². The molecule has 0 aliphatic carbocycles. The molecule has 0 fully saturated rings. The Labute approximate surface area is 105 Å². The summed E-state index contributed by atoms with van der Waals surface area (Å²) in [4.78, 5) is 8.16. The number of rotatable bonds is 3. The number of ether oxygens (including phenoxy) is 1. The Kier molecular flexibility index (Phi) is 3.44. The first-order valence-electron chi connectivity index (χ1n) is 5.14. The normalized spacial score (nSPS) is 10.1. The molecule has 0 aliphatic rings. The van der Waals surface area contributed by atoms with Gasteiger partial charge in [-0.25, -0.2) is 4.98 Å². The number of aromatic nitrogens is 2. The Morgan fingerprint density at radius 3 is 2.88 bits per heavy atom. The monoisotopic (exact) mass is 249 g/mol. The fraction of sp³-hybridized carbons (Fsp3) is 0.167. The standard InChI is InChI=1S/C12H12ClN3O/c1-8-3-4-9(13)10(7-8)17-11-5-6-15-12(14-2)16-11/h3-7H,1-2H3,(H,14,15,16). The fourth-order valence-electron chi connectivity index (χ4n) is 1.32. The smallest absolute Gasteiger partial charge is 0.225 e. The van der Waals surface area contributed by atoms with Gasteiger partial charge in [0.15, 0.2) is 0 Å². The number of anilines is 1. The molecule has 1 aromatic carbocycles. The van der Waals surface area contributed by atoms with Gasteiger partial charge in [0.2, 0.25) is 11.8 Å². The van der Waals surface area contributed by atoms with Crippen molar-refractivity contribution in [3.05, 3.63) is 41.0 Å². The molecule has 0 saturated heterocycles. The van der Waals surface area contributed by atoms with Crippen molar-refractivity contribution in [2.24, 2.45) is 0 Å². The Morgan fingerprint density at radius 2 is 2.12 bits per heavy atom. The molecule has 0 spiro atoms. The highest BCUT2D eigenvalue weighted by molar-refractivity contribution is 6.32. The predicted octanol–water partition coefficient (Wildman–Crippen LogP) is 3.27. The lowest BCUT2D eigenvalue weighted by atomic mass is 10.2. The van der Waals surface area contributed by atoms with Gasteiger partial charge in [0.1, 0.15) is 5.75 Å². The Hall–Kier alpha value is -1.81. The van der Waals surface area contributed by atoms with Gasteiger partial charge in [-0.15, -0.1) is 0 Å². The molecule has 1 heterocycles. The summed E-state index contributed by atoms with van der Waals surface area (Å²) < 4.78 is 5.61. The highest BCUT2D eigenvalue weighted by Gasteiger charge is 2.05. The van der Waals surface area contributed by atoms with Gasteiger partial charge in [-0.05, 0) is 24.6 Å². The first kappa shape index (κ1) is 11.7. The molecule has 4 nitrogen and oxygen atoms in total. The van der Waals surface area contributed by atoms with Crippen LogP contribution in [0.1, 0.15) is 5.56 Å². The molecule has 5 heteroatoms. The molecule has 1 N–H and O–H groups in total. The molecule has 0 aliphatic heterocycles. The lowest BCUT2D eigenvalue weighted by Crippen LogP contribution is -1.97. The van der Waals surface area contributed by atoms with Crippen LogP contribution < -0.4 is 10.1 Å². The third kappa shape index (κ3) is 2.85. The zero-order valence-corrected chi connectivity index (χ0v) is 10.3. The van der Waals surface area contributed by atoms with Crippen LogP contribution in [-0.4, -0.2) is 17.0 Å². The van der Waals surface area contributed by atoms with Crippen LogP contribution in [0.15, 0.2) is 30.5 Å². The third-order valence-corrected chi connectivity index (χ3v) is 2.47. The van der Waals surface area contributed by atoms with E-state index in [0.29, 0.717) is 22.6 Å². The van der Waals surface area contributed by atoms with E-state index in [1.54, 1.807) is 25.4 Å². The van der Waals surface area contributed by atoms with Crippen LogP contribution in [0.2, 0.25) is 5.02 Å². The van der Waals surface area contributed by atoms with E-state index in [0.717, 1.165) is 5.56 Å². The Balaban J connectivity index is 2.27. The van der Waals surface area contributed by atoms with Gasteiger partial charge in [0.25, 0.3) is 0 Å². The van der Waals surface area contributed by atoms with E-state index >= 15 is 0 Å². The van der Waals surface area contributed by atoms with Gasteiger partial charge in [-0.3, -0.25) is 0 Å². The lowest BCUT2D eigenvalue weighted by Gasteiger charge is -2.08. The van der Waals surface area contributed by atoms with E-state index < -0.39 is 0 Å². The minimum Gasteiger partial charge on any atom is -0.437 e. The highest BCUT2D eigenvalue weighted by atomic mass is 35.5. The van der Waals surface area contributed by atoms with E-state index in [4.69, 9.17) is 16.3 Å². The number of hydrogen-bond acceptors (Lipinski definition) is 4. The Bertz CT molecular complexity index is 531. The van der Waals surface area contributed by atoms with Gasteiger partial charge in [-0.2, -0.15) is 4.98 Å². The van der Waals surface area contributed by atoms with Crippen LogP contribution in [-0.2, 0) is 0 Å². The largest absolute Gasteiger partial charge is 0.437 e. The van der Waals surface area contributed by atoms with Crippen LogP contribution in [0.5, 0.6) is 11.6 Å². The quantitative estimate of drug-likeness (QED) is 0.907. The van der Waals surface area contributed by atoms with Crippen molar-refractivity contribution in [3.8, 4) is 11.6 Å². The van der Waals surface area contributed by atoms with Crippen LogP contribution in [0.25, 0.3) is 0 Å². The molecular weight excluding hydrogens is 238 g/mol. The molecule has 1 aromatic heterocycles. The van der Waals surface area contributed by atoms with E-state index in [9.17, 15) is 0 Å². The molecule has 17 heavy (non-hydrogen) atoms. The second kappa shape index (κ2) is 5.01. The van der Waals surface area contributed by atoms with E-state index in [-0.39, 0.29) is 0 Å². The topological polar surface area (TPSA) is 47.0 Å². The molecule has 2 aromatic rings.